The summed E-state index contributed by atoms with van der Waals surface area (Å²) < 4.78 is 0. The Morgan fingerprint density at radius 2 is 2.00 bits per heavy atom. The molecule has 0 saturated heterocycles. The van der Waals surface area contributed by atoms with Crippen LogP contribution in [0.25, 0.3) is 21.9 Å². The van der Waals surface area contributed by atoms with Crippen LogP contribution in [-0.4, -0.2) is 15.0 Å². The normalized spacial score (nSPS) is 10.9. The van der Waals surface area contributed by atoms with E-state index in [-0.39, 0.29) is 5.56 Å². The van der Waals surface area contributed by atoms with Gasteiger partial charge >= 0.3 is 0 Å². The second-order valence-electron chi connectivity index (χ2n) is 5.40. The number of nitrogens with one attached hydrogen (secondary N) is 2. The van der Waals surface area contributed by atoms with Crippen molar-refractivity contribution in [1.29, 1.82) is 5.26 Å². The van der Waals surface area contributed by atoms with Crippen LogP contribution in [0.2, 0.25) is 0 Å². The minimum absolute atomic E-state index is 0.111. The molecule has 0 radical (unpaired) electrons. The number of hydrogen-bond acceptors (Lipinski definition) is 3. The zero-order valence-electron chi connectivity index (χ0n) is 12.1. The molecule has 0 fully saturated rings. The summed E-state index contributed by atoms with van der Waals surface area (Å²) in [6, 6.07) is 15.4. The highest BCUT2D eigenvalue weighted by Gasteiger charge is 2.09. The van der Waals surface area contributed by atoms with Crippen LogP contribution < -0.4 is 5.56 Å². The van der Waals surface area contributed by atoms with Crippen LogP contribution in [0, 0.1) is 11.3 Å². The molecular formula is C18H12N4O. The van der Waals surface area contributed by atoms with Gasteiger partial charge in [0.05, 0.1) is 11.1 Å². The van der Waals surface area contributed by atoms with Crippen LogP contribution in [0.5, 0.6) is 0 Å². The highest BCUT2D eigenvalue weighted by molar-refractivity contribution is 5.82. The number of pyridine rings is 2. The average molecular weight is 300 g/mol. The molecule has 0 saturated carbocycles. The van der Waals surface area contributed by atoms with Gasteiger partial charge in [0.1, 0.15) is 11.6 Å². The molecule has 0 aliphatic carbocycles. The lowest BCUT2D eigenvalue weighted by atomic mass is 10.1. The third kappa shape index (κ3) is 2.27. The zero-order valence-corrected chi connectivity index (χ0v) is 12.1. The van der Waals surface area contributed by atoms with E-state index in [9.17, 15) is 4.79 Å². The quantitative estimate of drug-likeness (QED) is 0.597. The number of nitrogens with zero attached hydrogens (tertiary/aromatic N) is 2. The molecule has 1 aromatic carbocycles. The molecule has 3 aromatic heterocycles. The minimum Gasteiger partial charge on any atom is -0.359 e. The van der Waals surface area contributed by atoms with Crippen LogP contribution in [0.4, 0.5) is 0 Å². The molecule has 0 unspecified atom stereocenters. The second kappa shape index (κ2) is 5.11. The summed E-state index contributed by atoms with van der Waals surface area (Å²) in [5.41, 5.74) is 4.09. The molecule has 23 heavy (non-hydrogen) atoms. The summed E-state index contributed by atoms with van der Waals surface area (Å²) in [5.74, 6) is 0. The largest absolute Gasteiger partial charge is 0.359 e. The average Bonchev–Trinajstić information content (AvgIpc) is 2.98. The number of nitriles is 1. The smallest absolute Gasteiger partial charge is 0.252 e. The minimum atomic E-state index is -0.111. The second-order valence-corrected chi connectivity index (χ2v) is 5.40. The van der Waals surface area contributed by atoms with Crippen molar-refractivity contribution in [2.75, 3.05) is 0 Å². The first kappa shape index (κ1) is 13.3. The summed E-state index contributed by atoms with van der Waals surface area (Å²) in [5, 5.41) is 10.1. The topological polar surface area (TPSA) is 85.3 Å². The third-order valence-electron chi connectivity index (χ3n) is 3.90. The van der Waals surface area contributed by atoms with Gasteiger partial charge in [-0.25, -0.2) is 4.98 Å². The highest BCUT2D eigenvalue weighted by Crippen LogP contribution is 2.17. The van der Waals surface area contributed by atoms with Crippen molar-refractivity contribution in [2.45, 2.75) is 6.42 Å². The van der Waals surface area contributed by atoms with Gasteiger partial charge in [-0.1, -0.05) is 18.2 Å². The Labute approximate surface area is 131 Å². The van der Waals surface area contributed by atoms with Crippen LogP contribution in [0.3, 0.4) is 0 Å². The monoisotopic (exact) mass is 300 g/mol. The number of fused-ring (bicyclic) bond motifs is 2. The van der Waals surface area contributed by atoms with Gasteiger partial charge in [0.15, 0.2) is 0 Å². The molecule has 0 spiro atoms. The number of aromatic nitrogens is 3. The molecule has 4 rings (SSSR count). The van der Waals surface area contributed by atoms with Gasteiger partial charge in [-0.2, -0.15) is 5.26 Å². The van der Waals surface area contributed by atoms with E-state index in [2.05, 4.69) is 21.0 Å². The number of H-pyrrole nitrogens is 2. The first-order chi connectivity index (χ1) is 11.2. The molecule has 0 aliphatic rings. The summed E-state index contributed by atoms with van der Waals surface area (Å²) in [6.45, 7) is 0. The zero-order chi connectivity index (χ0) is 15.8. The van der Waals surface area contributed by atoms with E-state index in [1.165, 1.54) is 0 Å². The summed E-state index contributed by atoms with van der Waals surface area (Å²) in [7, 11) is 0. The Morgan fingerprint density at radius 3 is 2.87 bits per heavy atom. The first-order valence-corrected chi connectivity index (χ1v) is 7.22. The van der Waals surface area contributed by atoms with Crippen LogP contribution >= 0.6 is 0 Å². The Hall–Kier alpha value is -3.39. The van der Waals surface area contributed by atoms with Crippen molar-refractivity contribution in [1.82, 2.24) is 15.0 Å². The van der Waals surface area contributed by atoms with Gasteiger partial charge in [0, 0.05) is 29.4 Å². The van der Waals surface area contributed by atoms with E-state index >= 15 is 0 Å². The van der Waals surface area contributed by atoms with Crippen molar-refractivity contribution in [3.8, 4) is 6.07 Å². The highest BCUT2D eigenvalue weighted by atomic mass is 16.1. The summed E-state index contributed by atoms with van der Waals surface area (Å²) >= 11 is 0. The Bertz CT molecular complexity index is 1130. The van der Waals surface area contributed by atoms with E-state index in [1.54, 1.807) is 6.20 Å². The van der Waals surface area contributed by atoms with Gasteiger partial charge in [0.2, 0.25) is 0 Å². The molecule has 0 amide bonds. The molecular weight excluding hydrogens is 288 g/mol. The molecule has 4 aromatic rings. The SMILES string of the molecule is N#Cc1c[nH]c2ccc(Cc3cc4ccccc4[nH]c3=O)nc12. The molecule has 0 atom stereocenters. The molecule has 3 heterocycles. The molecule has 0 aliphatic heterocycles. The lowest BCUT2D eigenvalue weighted by Crippen LogP contribution is -2.13. The van der Waals surface area contributed by atoms with Crippen molar-refractivity contribution in [3.05, 3.63) is 75.8 Å². The molecule has 0 bridgehead atoms. The summed E-state index contributed by atoms with van der Waals surface area (Å²) in [6.07, 6.45) is 2.07. The Balaban J connectivity index is 1.80. The van der Waals surface area contributed by atoms with E-state index in [0.29, 0.717) is 23.1 Å². The standard InChI is InChI=1S/C18H12N4O/c19-9-13-10-20-16-6-5-14(21-17(13)16)8-12-7-11-3-1-2-4-15(11)22-18(12)23/h1-7,10,20H,8H2,(H,22,23). The summed E-state index contributed by atoms with van der Waals surface area (Å²) in [4.78, 5) is 22.7. The lowest BCUT2D eigenvalue weighted by Gasteiger charge is -2.04. The number of benzene rings is 1. The van der Waals surface area contributed by atoms with Crippen molar-refractivity contribution >= 4 is 21.9 Å². The third-order valence-corrected chi connectivity index (χ3v) is 3.90. The number of rotatable bonds is 2. The van der Waals surface area contributed by atoms with Crippen molar-refractivity contribution in [2.24, 2.45) is 0 Å². The van der Waals surface area contributed by atoms with E-state index < -0.39 is 0 Å². The fraction of sp³-hybridized carbons (Fsp3) is 0.0556. The van der Waals surface area contributed by atoms with Gasteiger partial charge in [0.25, 0.3) is 5.56 Å². The fourth-order valence-corrected chi connectivity index (χ4v) is 2.74. The predicted octanol–water partition coefficient (Wildman–Crippen LogP) is 2.87. The molecule has 5 heteroatoms. The maximum absolute atomic E-state index is 12.2. The van der Waals surface area contributed by atoms with Gasteiger partial charge in [-0.3, -0.25) is 4.79 Å². The maximum Gasteiger partial charge on any atom is 0.252 e. The van der Waals surface area contributed by atoms with E-state index in [4.69, 9.17) is 5.26 Å². The van der Waals surface area contributed by atoms with E-state index in [0.717, 1.165) is 22.1 Å². The number of para-hydroxylation sites is 1. The lowest BCUT2D eigenvalue weighted by molar-refractivity contribution is 1.06. The molecule has 110 valence electrons. The Morgan fingerprint density at radius 1 is 1.13 bits per heavy atom. The molecule has 5 nitrogen and oxygen atoms in total. The number of aromatic amines is 2. The maximum atomic E-state index is 12.2. The van der Waals surface area contributed by atoms with Crippen molar-refractivity contribution < 1.29 is 0 Å². The van der Waals surface area contributed by atoms with Gasteiger partial charge < -0.3 is 9.97 Å². The first-order valence-electron chi connectivity index (χ1n) is 7.22. The van der Waals surface area contributed by atoms with Gasteiger partial charge in [-0.05, 0) is 29.7 Å². The van der Waals surface area contributed by atoms with Crippen molar-refractivity contribution in [3.63, 3.8) is 0 Å². The predicted molar refractivity (Wildman–Crippen MR) is 88.2 cm³/mol. The van der Waals surface area contributed by atoms with Crippen LogP contribution in [-0.2, 0) is 6.42 Å². The Kier molecular flexibility index (Phi) is 2.95. The van der Waals surface area contributed by atoms with Gasteiger partial charge in [-0.15, -0.1) is 0 Å². The van der Waals surface area contributed by atoms with E-state index in [1.807, 2.05) is 42.5 Å². The molecule has 2 N–H and O–H groups in total. The van der Waals surface area contributed by atoms with Crippen LogP contribution in [0.1, 0.15) is 16.8 Å². The fourth-order valence-electron chi connectivity index (χ4n) is 2.74. The van der Waals surface area contributed by atoms with Crippen LogP contribution in [0.15, 0.2) is 53.5 Å². The number of hydrogen-bond donors (Lipinski definition) is 2.